The van der Waals surface area contributed by atoms with Crippen LogP contribution in [0.2, 0.25) is 0 Å². The summed E-state index contributed by atoms with van der Waals surface area (Å²) in [5, 5.41) is 3.32. The third kappa shape index (κ3) is 1.71. The highest BCUT2D eigenvalue weighted by Gasteiger charge is 2.31. The fourth-order valence-corrected chi connectivity index (χ4v) is 2.47. The fourth-order valence-electron chi connectivity index (χ4n) is 2.47. The first-order valence-electron chi connectivity index (χ1n) is 5.65. The van der Waals surface area contributed by atoms with Gasteiger partial charge in [-0.15, -0.1) is 0 Å². The number of ether oxygens (including phenoxy) is 1. The summed E-state index contributed by atoms with van der Waals surface area (Å²) in [6, 6.07) is 6.58. The van der Waals surface area contributed by atoms with Gasteiger partial charge >= 0.3 is 0 Å². The molecule has 1 fully saturated rings. The van der Waals surface area contributed by atoms with Crippen molar-refractivity contribution in [1.82, 2.24) is 5.32 Å². The third-order valence-corrected chi connectivity index (χ3v) is 3.28. The summed E-state index contributed by atoms with van der Waals surface area (Å²) in [7, 11) is 0. The van der Waals surface area contributed by atoms with Crippen molar-refractivity contribution in [2.75, 3.05) is 13.1 Å². The van der Waals surface area contributed by atoms with Crippen LogP contribution < -0.4 is 10.1 Å². The lowest BCUT2D eigenvalue weighted by Crippen LogP contribution is -2.17. The first-order valence-corrected chi connectivity index (χ1v) is 5.65. The van der Waals surface area contributed by atoms with Gasteiger partial charge in [-0.05, 0) is 30.5 Å². The lowest BCUT2D eigenvalue weighted by molar-refractivity contribution is 0.225. The van der Waals surface area contributed by atoms with Crippen LogP contribution in [-0.2, 0) is 0 Å². The standard InChI is InChI=1S/C13H14FNO/c14-12-3-1-2-4-13(12)16-11-5-9-7-15-8-10(9)6-11/h1-5,10-11,15H,6-8H2/t10-,11-/m1/s1. The molecular formula is C13H14FNO. The van der Waals surface area contributed by atoms with E-state index in [1.54, 1.807) is 18.2 Å². The molecule has 1 saturated heterocycles. The quantitative estimate of drug-likeness (QED) is 0.769. The Morgan fingerprint density at radius 3 is 3.00 bits per heavy atom. The minimum Gasteiger partial charge on any atom is -0.483 e. The number of para-hydroxylation sites is 1. The fraction of sp³-hybridized carbons (Fsp3) is 0.385. The van der Waals surface area contributed by atoms with E-state index in [-0.39, 0.29) is 11.9 Å². The smallest absolute Gasteiger partial charge is 0.165 e. The van der Waals surface area contributed by atoms with E-state index >= 15 is 0 Å². The van der Waals surface area contributed by atoms with Gasteiger partial charge in [0.05, 0.1) is 0 Å². The van der Waals surface area contributed by atoms with E-state index in [9.17, 15) is 4.39 Å². The second-order valence-corrected chi connectivity index (χ2v) is 4.39. The number of rotatable bonds is 2. The molecule has 2 nitrogen and oxygen atoms in total. The van der Waals surface area contributed by atoms with Gasteiger partial charge in [-0.25, -0.2) is 4.39 Å². The van der Waals surface area contributed by atoms with Crippen molar-refractivity contribution in [3.05, 3.63) is 41.7 Å². The molecule has 3 heteroatoms. The van der Waals surface area contributed by atoms with Crippen molar-refractivity contribution in [1.29, 1.82) is 0 Å². The van der Waals surface area contributed by atoms with Crippen LogP contribution in [0.15, 0.2) is 35.9 Å². The van der Waals surface area contributed by atoms with Crippen molar-refractivity contribution in [2.24, 2.45) is 5.92 Å². The maximum absolute atomic E-state index is 13.4. The molecule has 1 aromatic rings. The van der Waals surface area contributed by atoms with E-state index in [1.807, 2.05) is 0 Å². The van der Waals surface area contributed by atoms with Gasteiger partial charge in [0.2, 0.25) is 0 Å². The number of hydrogen-bond acceptors (Lipinski definition) is 2. The molecule has 0 amide bonds. The first-order chi connectivity index (χ1) is 7.83. The summed E-state index contributed by atoms with van der Waals surface area (Å²) < 4.78 is 19.0. The Bertz CT molecular complexity index is 430. The number of halogens is 1. The van der Waals surface area contributed by atoms with Crippen LogP contribution in [0.1, 0.15) is 6.42 Å². The number of fused-ring (bicyclic) bond motifs is 1. The summed E-state index contributed by atoms with van der Waals surface area (Å²) >= 11 is 0. The Morgan fingerprint density at radius 1 is 1.31 bits per heavy atom. The summed E-state index contributed by atoms with van der Waals surface area (Å²) in [6.45, 7) is 1.99. The van der Waals surface area contributed by atoms with Crippen molar-refractivity contribution in [3.8, 4) is 5.75 Å². The summed E-state index contributed by atoms with van der Waals surface area (Å²) in [5.74, 6) is 0.671. The van der Waals surface area contributed by atoms with Gasteiger partial charge in [0, 0.05) is 13.1 Å². The highest BCUT2D eigenvalue weighted by atomic mass is 19.1. The van der Waals surface area contributed by atoms with Gasteiger partial charge in [0.15, 0.2) is 11.6 Å². The van der Waals surface area contributed by atoms with E-state index in [1.165, 1.54) is 11.6 Å². The average Bonchev–Trinajstić information content (AvgIpc) is 2.81. The molecule has 1 N–H and O–H groups in total. The van der Waals surface area contributed by atoms with Gasteiger partial charge in [0.1, 0.15) is 6.10 Å². The molecule has 1 aliphatic carbocycles. The maximum Gasteiger partial charge on any atom is 0.165 e. The van der Waals surface area contributed by atoms with E-state index in [4.69, 9.17) is 4.74 Å². The Morgan fingerprint density at radius 2 is 2.19 bits per heavy atom. The largest absolute Gasteiger partial charge is 0.483 e. The summed E-state index contributed by atoms with van der Waals surface area (Å²) in [6.07, 6.45) is 3.15. The molecule has 1 aromatic carbocycles. The molecule has 84 valence electrons. The SMILES string of the molecule is Fc1ccccc1O[C@@H]1C=C2CNC[C@H]2C1. The van der Waals surface area contributed by atoms with Crippen LogP contribution in [0.3, 0.4) is 0 Å². The lowest BCUT2D eigenvalue weighted by Gasteiger charge is -2.13. The predicted molar refractivity (Wildman–Crippen MR) is 59.9 cm³/mol. The molecule has 0 radical (unpaired) electrons. The van der Waals surface area contributed by atoms with Crippen molar-refractivity contribution in [3.63, 3.8) is 0 Å². The lowest BCUT2D eigenvalue weighted by atomic mass is 10.1. The molecular weight excluding hydrogens is 205 g/mol. The molecule has 0 aromatic heterocycles. The predicted octanol–water partition coefficient (Wildman–Crippen LogP) is 2.12. The monoisotopic (exact) mass is 219 g/mol. The van der Waals surface area contributed by atoms with Crippen molar-refractivity contribution >= 4 is 0 Å². The Balaban J connectivity index is 1.73. The van der Waals surface area contributed by atoms with Crippen LogP contribution >= 0.6 is 0 Å². The van der Waals surface area contributed by atoms with Gasteiger partial charge in [-0.3, -0.25) is 0 Å². The van der Waals surface area contributed by atoms with Crippen molar-refractivity contribution in [2.45, 2.75) is 12.5 Å². The molecule has 2 atom stereocenters. The highest BCUT2D eigenvalue weighted by molar-refractivity contribution is 5.27. The Kier molecular flexibility index (Phi) is 2.40. The van der Waals surface area contributed by atoms with E-state index in [0.717, 1.165) is 19.5 Å². The van der Waals surface area contributed by atoms with Crippen LogP contribution in [0.25, 0.3) is 0 Å². The van der Waals surface area contributed by atoms with Crippen LogP contribution in [0.4, 0.5) is 4.39 Å². The van der Waals surface area contributed by atoms with Crippen LogP contribution in [0, 0.1) is 11.7 Å². The first kappa shape index (κ1) is 9.85. The molecule has 16 heavy (non-hydrogen) atoms. The summed E-state index contributed by atoms with van der Waals surface area (Å²) in [4.78, 5) is 0. The minimum atomic E-state index is -0.281. The van der Waals surface area contributed by atoms with E-state index in [2.05, 4.69) is 11.4 Å². The van der Waals surface area contributed by atoms with Gasteiger partial charge in [-0.2, -0.15) is 0 Å². The van der Waals surface area contributed by atoms with E-state index in [0.29, 0.717) is 11.7 Å². The normalized spacial score (nSPS) is 27.7. The second kappa shape index (κ2) is 3.91. The molecule has 0 saturated carbocycles. The van der Waals surface area contributed by atoms with Crippen molar-refractivity contribution < 1.29 is 9.13 Å². The van der Waals surface area contributed by atoms with Gasteiger partial charge < -0.3 is 10.1 Å². The summed E-state index contributed by atoms with van der Waals surface area (Å²) in [5.41, 5.74) is 1.42. The second-order valence-electron chi connectivity index (χ2n) is 4.39. The Labute approximate surface area is 94.1 Å². The molecule has 3 rings (SSSR count). The van der Waals surface area contributed by atoms with Gasteiger partial charge in [-0.1, -0.05) is 17.7 Å². The van der Waals surface area contributed by atoms with E-state index < -0.39 is 0 Å². The highest BCUT2D eigenvalue weighted by Crippen LogP contribution is 2.31. The maximum atomic E-state index is 13.4. The number of nitrogens with one attached hydrogen (secondary N) is 1. The van der Waals surface area contributed by atoms with Gasteiger partial charge in [0.25, 0.3) is 0 Å². The zero-order chi connectivity index (χ0) is 11.0. The molecule has 0 bridgehead atoms. The Hall–Kier alpha value is -1.35. The minimum absolute atomic E-state index is 0.0407. The molecule has 2 aliphatic rings. The molecule has 0 unspecified atom stereocenters. The zero-order valence-electron chi connectivity index (χ0n) is 8.95. The zero-order valence-corrected chi connectivity index (χ0v) is 8.95. The van der Waals surface area contributed by atoms with Crippen LogP contribution in [-0.4, -0.2) is 19.2 Å². The third-order valence-electron chi connectivity index (χ3n) is 3.28. The molecule has 1 aliphatic heterocycles. The topological polar surface area (TPSA) is 21.3 Å². The average molecular weight is 219 g/mol. The number of hydrogen-bond donors (Lipinski definition) is 1. The number of benzene rings is 1. The van der Waals surface area contributed by atoms with Crippen LogP contribution in [0.5, 0.6) is 5.75 Å². The molecule has 1 heterocycles. The molecule has 0 spiro atoms.